The normalized spacial score (nSPS) is 30.5. The third-order valence-electron chi connectivity index (χ3n) is 4.41. The molecule has 2 atom stereocenters. The van der Waals surface area contributed by atoms with E-state index >= 15 is 0 Å². The molecule has 0 spiro atoms. The van der Waals surface area contributed by atoms with Crippen LogP contribution in [0.4, 0.5) is 0 Å². The zero-order valence-corrected chi connectivity index (χ0v) is 13.2. The number of piperazine rings is 1. The van der Waals surface area contributed by atoms with E-state index in [4.69, 9.17) is 0 Å². The number of carbonyl (C=O) groups excluding carboxylic acids is 2. The molecule has 1 aliphatic carbocycles. The fourth-order valence-electron chi connectivity index (χ4n) is 3.03. The molecule has 2 rings (SSSR count). The van der Waals surface area contributed by atoms with E-state index < -0.39 is 5.54 Å². The van der Waals surface area contributed by atoms with E-state index in [1.54, 1.807) is 4.90 Å². The van der Waals surface area contributed by atoms with Gasteiger partial charge in [0.15, 0.2) is 0 Å². The Labute approximate surface area is 121 Å². The number of amides is 2. The minimum Gasteiger partial charge on any atom is -0.340 e. The number of allylic oxidation sites excluding steroid dienone is 1. The number of hydrogen-bond acceptors (Lipinski definition) is 2. The van der Waals surface area contributed by atoms with Crippen molar-refractivity contribution < 1.29 is 9.59 Å². The minimum atomic E-state index is -0.696. The van der Waals surface area contributed by atoms with Crippen molar-refractivity contribution in [3.63, 3.8) is 0 Å². The van der Waals surface area contributed by atoms with Crippen molar-refractivity contribution in [1.29, 1.82) is 0 Å². The lowest BCUT2D eigenvalue weighted by Crippen LogP contribution is -2.71. The first-order valence-electron chi connectivity index (χ1n) is 7.54. The molecule has 1 N–H and O–H groups in total. The molecule has 1 saturated heterocycles. The zero-order chi connectivity index (χ0) is 15.1. The quantitative estimate of drug-likeness (QED) is 0.801. The van der Waals surface area contributed by atoms with Gasteiger partial charge in [-0.3, -0.25) is 9.59 Å². The molecule has 1 heterocycles. The highest BCUT2D eigenvalue weighted by Crippen LogP contribution is 2.42. The predicted molar refractivity (Wildman–Crippen MR) is 79.0 cm³/mol. The van der Waals surface area contributed by atoms with Crippen LogP contribution in [0.1, 0.15) is 47.5 Å². The summed E-state index contributed by atoms with van der Waals surface area (Å²) in [7, 11) is 0. The Morgan fingerprint density at radius 2 is 2.00 bits per heavy atom. The summed E-state index contributed by atoms with van der Waals surface area (Å²) in [4.78, 5) is 27.1. The third-order valence-corrected chi connectivity index (χ3v) is 4.41. The van der Waals surface area contributed by atoms with Gasteiger partial charge in [0.05, 0.1) is 0 Å². The molecule has 4 nitrogen and oxygen atoms in total. The van der Waals surface area contributed by atoms with E-state index in [2.05, 4.69) is 5.32 Å². The molecule has 0 aromatic carbocycles. The first-order chi connectivity index (χ1) is 9.27. The van der Waals surface area contributed by atoms with Gasteiger partial charge in [-0.15, -0.1) is 0 Å². The largest absolute Gasteiger partial charge is 0.340 e. The summed E-state index contributed by atoms with van der Waals surface area (Å²) in [5, 5.41) is 3.00. The summed E-state index contributed by atoms with van der Waals surface area (Å²) in [6, 6.07) is -0.357. The molecule has 2 fully saturated rings. The fraction of sp³-hybridized carbons (Fsp3) is 0.750. The van der Waals surface area contributed by atoms with E-state index in [0.717, 1.165) is 12.8 Å². The average Bonchev–Trinajstić information content (AvgIpc) is 3.15. The van der Waals surface area contributed by atoms with Crippen LogP contribution in [0.15, 0.2) is 11.6 Å². The molecule has 0 aromatic heterocycles. The summed E-state index contributed by atoms with van der Waals surface area (Å²) in [6.45, 7) is 10.4. The molecular formula is C16H26N2O2. The number of hydrogen-bond donors (Lipinski definition) is 1. The Balaban J connectivity index is 2.30. The van der Waals surface area contributed by atoms with Crippen LogP contribution >= 0.6 is 0 Å². The first kappa shape index (κ1) is 15.1. The second-order valence-electron chi connectivity index (χ2n) is 6.89. The molecule has 1 saturated carbocycles. The molecular weight excluding hydrogens is 252 g/mol. The molecule has 0 aromatic rings. The predicted octanol–water partition coefficient (Wildman–Crippen LogP) is 2.10. The fourth-order valence-corrected chi connectivity index (χ4v) is 3.03. The summed E-state index contributed by atoms with van der Waals surface area (Å²) in [5.74, 6) is 0.501. The summed E-state index contributed by atoms with van der Waals surface area (Å²) >= 11 is 0. The van der Waals surface area contributed by atoms with Crippen molar-refractivity contribution in [2.45, 2.75) is 59.0 Å². The molecule has 2 unspecified atom stereocenters. The molecule has 20 heavy (non-hydrogen) atoms. The van der Waals surface area contributed by atoms with E-state index in [9.17, 15) is 9.59 Å². The Bertz CT molecular complexity index is 447. The Kier molecular flexibility index (Phi) is 3.94. The van der Waals surface area contributed by atoms with E-state index in [0.29, 0.717) is 12.5 Å². The second-order valence-corrected chi connectivity index (χ2v) is 6.89. The van der Waals surface area contributed by atoms with Gasteiger partial charge >= 0.3 is 0 Å². The number of nitrogens with zero attached hydrogens (tertiary/aromatic N) is 1. The Hall–Kier alpha value is -1.32. The number of rotatable bonds is 4. The molecule has 112 valence electrons. The van der Waals surface area contributed by atoms with Gasteiger partial charge in [0, 0.05) is 6.54 Å². The van der Waals surface area contributed by atoms with Gasteiger partial charge in [0.1, 0.15) is 11.6 Å². The summed E-state index contributed by atoms with van der Waals surface area (Å²) in [5.41, 5.74) is 0.470. The summed E-state index contributed by atoms with van der Waals surface area (Å²) in [6.07, 6.45) is 4.09. The van der Waals surface area contributed by atoms with Crippen LogP contribution in [-0.4, -0.2) is 34.8 Å². The van der Waals surface area contributed by atoms with Gasteiger partial charge in [-0.1, -0.05) is 25.5 Å². The molecule has 2 aliphatic rings. The van der Waals surface area contributed by atoms with Gasteiger partial charge in [-0.25, -0.2) is 0 Å². The molecule has 0 bridgehead atoms. The standard InChI is InChI=1S/C16H26N2O2/c1-10(2)8-9-18-13(11(3)4)14(19)17-16(5,15(18)20)12-6-7-12/h8,11-13H,6-7,9H2,1-5H3,(H,17,19). The maximum absolute atomic E-state index is 12.9. The lowest BCUT2D eigenvalue weighted by Gasteiger charge is -2.45. The van der Waals surface area contributed by atoms with Gasteiger partial charge < -0.3 is 10.2 Å². The summed E-state index contributed by atoms with van der Waals surface area (Å²) < 4.78 is 0. The van der Waals surface area contributed by atoms with Gasteiger partial charge in [0.25, 0.3) is 0 Å². The van der Waals surface area contributed by atoms with Crippen molar-refractivity contribution >= 4 is 11.8 Å². The van der Waals surface area contributed by atoms with Crippen LogP contribution in [0, 0.1) is 11.8 Å². The van der Waals surface area contributed by atoms with E-state index in [-0.39, 0.29) is 23.8 Å². The van der Waals surface area contributed by atoms with Crippen molar-refractivity contribution in [3.05, 3.63) is 11.6 Å². The van der Waals surface area contributed by atoms with Gasteiger partial charge in [-0.2, -0.15) is 0 Å². The molecule has 2 amide bonds. The van der Waals surface area contributed by atoms with Crippen molar-refractivity contribution in [2.75, 3.05) is 6.54 Å². The highest BCUT2D eigenvalue weighted by Gasteiger charge is 2.55. The van der Waals surface area contributed by atoms with Crippen LogP contribution in [-0.2, 0) is 9.59 Å². The maximum atomic E-state index is 12.9. The molecule has 0 radical (unpaired) electrons. The SMILES string of the molecule is CC(C)=CCN1C(=O)C(C)(C2CC2)NC(=O)C1C(C)C. The van der Waals surface area contributed by atoms with Crippen LogP contribution < -0.4 is 5.32 Å². The zero-order valence-electron chi connectivity index (χ0n) is 13.2. The van der Waals surface area contributed by atoms with E-state index in [1.807, 2.05) is 40.7 Å². The molecule has 4 heteroatoms. The number of carbonyl (C=O) groups is 2. The van der Waals surface area contributed by atoms with Crippen molar-refractivity contribution in [3.8, 4) is 0 Å². The molecule has 1 aliphatic heterocycles. The topological polar surface area (TPSA) is 49.4 Å². The third kappa shape index (κ3) is 2.60. The Morgan fingerprint density at radius 3 is 2.45 bits per heavy atom. The first-order valence-corrected chi connectivity index (χ1v) is 7.54. The van der Waals surface area contributed by atoms with E-state index in [1.165, 1.54) is 5.57 Å². The van der Waals surface area contributed by atoms with Crippen LogP contribution in [0.2, 0.25) is 0 Å². The second kappa shape index (κ2) is 5.23. The van der Waals surface area contributed by atoms with Crippen LogP contribution in [0.5, 0.6) is 0 Å². The number of nitrogens with one attached hydrogen (secondary N) is 1. The average molecular weight is 278 g/mol. The van der Waals surface area contributed by atoms with Crippen LogP contribution in [0.3, 0.4) is 0 Å². The highest BCUT2D eigenvalue weighted by molar-refractivity contribution is 6.00. The van der Waals surface area contributed by atoms with Crippen molar-refractivity contribution in [1.82, 2.24) is 10.2 Å². The van der Waals surface area contributed by atoms with Gasteiger partial charge in [0.2, 0.25) is 11.8 Å². The smallest absolute Gasteiger partial charge is 0.249 e. The van der Waals surface area contributed by atoms with Crippen molar-refractivity contribution in [2.24, 2.45) is 11.8 Å². The maximum Gasteiger partial charge on any atom is 0.249 e. The minimum absolute atomic E-state index is 0.00356. The Morgan fingerprint density at radius 1 is 1.40 bits per heavy atom. The van der Waals surface area contributed by atoms with Crippen LogP contribution in [0.25, 0.3) is 0 Å². The van der Waals surface area contributed by atoms with Gasteiger partial charge in [-0.05, 0) is 45.4 Å². The lowest BCUT2D eigenvalue weighted by molar-refractivity contribution is -0.156. The highest BCUT2D eigenvalue weighted by atomic mass is 16.2. The monoisotopic (exact) mass is 278 g/mol. The lowest BCUT2D eigenvalue weighted by atomic mass is 9.86.